The number of nitrogens with two attached hydrogens (primary N) is 1. The summed E-state index contributed by atoms with van der Waals surface area (Å²) in [5.74, 6) is 7.11. The first-order valence-corrected chi connectivity index (χ1v) is 9.38. The molecular weight excluding hydrogens is 376 g/mol. The molecule has 0 unspecified atom stereocenters. The fourth-order valence-electron chi connectivity index (χ4n) is 2.82. The topological polar surface area (TPSA) is 73.4 Å². The number of carbonyl (C=O) groups is 1. The van der Waals surface area contributed by atoms with Gasteiger partial charge >= 0.3 is 0 Å². The standard InChI is InChI=1S/C21H23ClN4O2/c1-4-18-19(22)20(25(3)24-18)21(27)26(23)13-15-7-11-17(12-8-15)28-16-9-5-14(2)6-10-16/h5-12H,4,13,23H2,1-3H3. The lowest BCUT2D eigenvalue weighted by molar-refractivity contribution is 0.0732. The van der Waals surface area contributed by atoms with Crippen molar-refractivity contribution >= 4 is 17.5 Å². The van der Waals surface area contributed by atoms with Gasteiger partial charge in [-0.15, -0.1) is 0 Å². The fraction of sp³-hybridized carbons (Fsp3) is 0.238. The number of amides is 1. The van der Waals surface area contributed by atoms with Crippen LogP contribution in [0.4, 0.5) is 0 Å². The van der Waals surface area contributed by atoms with E-state index in [4.69, 9.17) is 22.2 Å². The summed E-state index contributed by atoms with van der Waals surface area (Å²) < 4.78 is 7.29. The molecule has 0 spiro atoms. The van der Waals surface area contributed by atoms with Crippen molar-refractivity contribution in [3.8, 4) is 11.5 Å². The summed E-state index contributed by atoms with van der Waals surface area (Å²) in [7, 11) is 1.68. The van der Waals surface area contributed by atoms with Gasteiger partial charge < -0.3 is 4.74 Å². The second-order valence-electron chi connectivity index (χ2n) is 6.58. The minimum Gasteiger partial charge on any atom is -0.457 e. The number of nitrogens with zero attached hydrogens (tertiary/aromatic N) is 3. The van der Waals surface area contributed by atoms with Gasteiger partial charge in [0.2, 0.25) is 0 Å². The van der Waals surface area contributed by atoms with Gasteiger partial charge in [-0.3, -0.25) is 14.5 Å². The summed E-state index contributed by atoms with van der Waals surface area (Å²) in [5, 5.41) is 5.75. The highest BCUT2D eigenvalue weighted by atomic mass is 35.5. The molecule has 0 bridgehead atoms. The van der Waals surface area contributed by atoms with E-state index in [0.717, 1.165) is 16.3 Å². The molecule has 6 nitrogen and oxygen atoms in total. The van der Waals surface area contributed by atoms with Gasteiger partial charge in [0.05, 0.1) is 17.3 Å². The highest BCUT2D eigenvalue weighted by Crippen LogP contribution is 2.24. The molecule has 3 aromatic rings. The zero-order valence-electron chi connectivity index (χ0n) is 16.1. The van der Waals surface area contributed by atoms with E-state index < -0.39 is 0 Å². The summed E-state index contributed by atoms with van der Waals surface area (Å²) in [6.45, 7) is 4.20. The van der Waals surface area contributed by atoms with Crippen LogP contribution < -0.4 is 10.6 Å². The van der Waals surface area contributed by atoms with Crippen LogP contribution in [-0.2, 0) is 20.0 Å². The Morgan fingerprint density at radius 3 is 2.25 bits per heavy atom. The van der Waals surface area contributed by atoms with Crippen molar-refractivity contribution in [2.24, 2.45) is 12.9 Å². The molecule has 0 saturated heterocycles. The number of ether oxygens (including phenoxy) is 1. The third-order valence-electron chi connectivity index (χ3n) is 4.39. The summed E-state index contributed by atoms with van der Waals surface area (Å²) in [4.78, 5) is 12.7. The van der Waals surface area contributed by atoms with Crippen LogP contribution in [0.15, 0.2) is 48.5 Å². The number of carbonyl (C=O) groups excluding carboxylic acids is 1. The molecule has 1 heterocycles. The van der Waals surface area contributed by atoms with Crippen LogP contribution in [0, 0.1) is 6.92 Å². The molecule has 0 fully saturated rings. The van der Waals surface area contributed by atoms with Crippen LogP contribution in [0.2, 0.25) is 5.02 Å². The number of benzene rings is 2. The van der Waals surface area contributed by atoms with Crippen molar-refractivity contribution in [2.45, 2.75) is 26.8 Å². The average Bonchev–Trinajstić information content (AvgIpc) is 2.98. The molecule has 0 aliphatic carbocycles. The van der Waals surface area contributed by atoms with Crippen molar-refractivity contribution in [1.29, 1.82) is 0 Å². The van der Waals surface area contributed by atoms with E-state index in [1.165, 1.54) is 10.2 Å². The monoisotopic (exact) mass is 398 g/mol. The predicted octanol–water partition coefficient (Wildman–Crippen LogP) is 4.25. The van der Waals surface area contributed by atoms with Gasteiger partial charge in [0.15, 0.2) is 0 Å². The van der Waals surface area contributed by atoms with E-state index in [2.05, 4.69) is 5.10 Å². The molecule has 1 amide bonds. The summed E-state index contributed by atoms with van der Waals surface area (Å²) in [6, 6.07) is 15.3. The highest BCUT2D eigenvalue weighted by molar-refractivity contribution is 6.34. The molecule has 1 aromatic heterocycles. The quantitative estimate of drug-likeness (QED) is 0.382. The predicted molar refractivity (Wildman–Crippen MR) is 109 cm³/mol. The number of aromatic nitrogens is 2. The van der Waals surface area contributed by atoms with E-state index >= 15 is 0 Å². The Morgan fingerprint density at radius 1 is 1.14 bits per heavy atom. The Labute approximate surface area is 169 Å². The normalized spacial score (nSPS) is 10.8. The molecular formula is C21H23ClN4O2. The van der Waals surface area contributed by atoms with Crippen molar-refractivity contribution in [2.75, 3.05) is 0 Å². The van der Waals surface area contributed by atoms with Crippen LogP contribution in [0.3, 0.4) is 0 Å². The molecule has 0 saturated carbocycles. The molecule has 3 rings (SSSR count). The van der Waals surface area contributed by atoms with E-state index in [1.807, 2.05) is 62.4 Å². The van der Waals surface area contributed by atoms with Crippen molar-refractivity contribution < 1.29 is 9.53 Å². The van der Waals surface area contributed by atoms with Crippen molar-refractivity contribution in [3.05, 3.63) is 76.1 Å². The molecule has 2 aromatic carbocycles. The SMILES string of the molecule is CCc1nn(C)c(C(=O)N(N)Cc2ccc(Oc3ccc(C)cc3)cc2)c1Cl. The molecule has 7 heteroatoms. The van der Waals surface area contributed by atoms with Crippen LogP contribution in [0.25, 0.3) is 0 Å². The fourth-order valence-corrected chi connectivity index (χ4v) is 3.20. The Hall–Kier alpha value is -2.83. The molecule has 0 radical (unpaired) electrons. The highest BCUT2D eigenvalue weighted by Gasteiger charge is 2.23. The first-order valence-electron chi connectivity index (χ1n) is 9.00. The third-order valence-corrected chi connectivity index (χ3v) is 4.78. The number of hydrogen-bond acceptors (Lipinski definition) is 4. The maximum Gasteiger partial charge on any atom is 0.287 e. The van der Waals surface area contributed by atoms with Crippen LogP contribution >= 0.6 is 11.6 Å². The lowest BCUT2D eigenvalue weighted by Gasteiger charge is -2.17. The lowest BCUT2D eigenvalue weighted by Crippen LogP contribution is -2.38. The summed E-state index contributed by atoms with van der Waals surface area (Å²) >= 11 is 6.28. The second kappa shape index (κ2) is 8.46. The zero-order valence-corrected chi connectivity index (χ0v) is 16.9. The lowest BCUT2D eigenvalue weighted by atomic mass is 10.2. The molecule has 2 N–H and O–H groups in total. The van der Waals surface area contributed by atoms with E-state index in [9.17, 15) is 4.79 Å². The Balaban J connectivity index is 1.67. The van der Waals surface area contributed by atoms with Crippen LogP contribution in [0.5, 0.6) is 11.5 Å². The van der Waals surface area contributed by atoms with E-state index in [0.29, 0.717) is 28.6 Å². The molecule has 146 valence electrons. The van der Waals surface area contributed by atoms with Gasteiger partial charge in [-0.25, -0.2) is 5.84 Å². The Kier molecular flexibility index (Phi) is 6.02. The minimum absolute atomic E-state index is 0.243. The van der Waals surface area contributed by atoms with Crippen molar-refractivity contribution in [3.63, 3.8) is 0 Å². The first-order chi connectivity index (χ1) is 13.4. The van der Waals surface area contributed by atoms with E-state index in [-0.39, 0.29) is 12.5 Å². The first kappa shape index (κ1) is 19.9. The van der Waals surface area contributed by atoms with Gasteiger partial charge in [0.25, 0.3) is 5.91 Å². The molecule has 0 aliphatic heterocycles. The largest absolute Gasteiger partial charge is 0.457 e. The zero-order chi connectivity index (χ0) is 20.3. The Morgan fingerprint density at radius 2 is 1.71 bits per heavy atom. The second-order valence-corrected chi connectivity index (χ2v) is 6.96. The Bertz CT molecular complexity index is 965. The summed E-state index contributed by atoms with van der Waals surface area (Å²) in [5.41, 5.74) is 3.02. The van der Waals surface area contributed by atoms with Gasteiger partial charge in [-0.2, -0.15) is 5.10 Å². The summed E-state index contributed by atoms with van der Waals surface area (Å²) in [6.07, 6.45) is 0.646. The van der Waals surface area contributed by atoms with Crippen LogP contribution in [0.1, 0.15) is 34.2 Å². The average molecular weight is 399 g/mol. The molecule has 28 heavy (non-hydrogen) atoms. The smallest absolute Gasteiger partial charge is 0.287 e. The number of hydrazine groups is 1. The maximum absolute atomic E-state index is 12.7. The number of aryl methyl sites for hydroxylation is 3. The molecule has 0 aliphatic rings. The van der Waals surface area contributed by atoms with E-state index in [1.54, 1.807) is 7.05 Å². The minimum atomic E-state index is -0.375. The van der Waals surface area contributed by atoms with Crippen molar-refractivity contribution in [1.82, 2.24) is 14.8 Å². The van der Waals surface area contributed by atoms with Gasteiger partial charge in [0, 0.05) is 7.05 Å². The third kappa shape index (κ3) is 4.35. The van der Waals surface area contributed by atoms with Crippen LogP contribution in [-0.4, -0.2) is 20.7 Å². The molecule has 0 atom stereocenters. The maximum atomic E-state index is 12.7. The van der Waals surface area contributed by atoms with Gasteiger partial charge in [-0.1, -0.05) is 48.4 Å². The number of hydrogen-bond donors (Lipinski definition) is 1. The van der Waals surface area contributed by atoms with Gasteiger partial charge in [-0.05, 0) is 43.2 Å². The number of halogens is 1. The van der Waals surface area contributed by atoms with Gasteiger partial charge in [0.1, 0.15) is 17.2 Å². The number of rotatable bonds is 6.